The van der Waals surface area contributed by atoms with E-state index in [1.54, 1.807) is 24.5 Å². The highest BCUT2D eigenvalue weighted by Gasteiger charge is 2.16. The second-order valence-electron chi connectivity index (χ2n) is 4.68. The minimum atomic E-state index is -0.168. The lowest BCUT2D eigenvalue weighted by molar-refractivity contribution is 0.0923. The predicted octanol–water partition coefficient (Wildman–Crippen LogP) is 4.00. The van der Waals surface area contributed by atoms with Crippen molar-refractivity contribution in [2.75, 3.05) is 5.32 Å². The molecule has 1 N–H and O–H groups in total. The molecule has 0 unspecified atom stereocenters. The molecule has 0 saturated heterocycles. The van der Waals surface area contributed by atoms with E-state index in [1.807, 2.05) is 30.3 Å². The molecule has 1 aromatic carbocycles. The van der Waals surface area contributed by atoms with Crippen LogP contribution in [-0.2, 0) is 0 Å². The normalized spacial score (nSPS) is 10.5. The number of aromatic nitrogens is 3. The molecule has 3 aromatic rings. The van der Waals surface area contributed by atoms with Crippen LogP contribution in [0.2, 0.25) is 5.02 Å². The highest BCUT2D eigenvalue weighted by molar-refractivity contribution is 6.30. The molecule has 6 heteroatoms. The van der Waals surface area contributed by atoms with Crippen LogP contribution in [0.25, 0.3) is 11.3 Å². The van der Waals surface area contributed by atoms with Crippen molar-refractivity contribution in [1.82, 2.24) is 14.8 Å². The number of nitrogens with one attached hydrogen (secondary N) is 1. The molecule has 5 nitrogen and oxygen atoms in total. The van der Waals surface area contributed by atoms with Gasteiger partial charge in [0.1, 0.15) is 11.5 Å². The van der Waals surface area contributed by atoms with Gasteiger partial charge in [-0.1, -0.05) is 29.8 Å². The van der Waals surface area contributed by atoms with Crippen LogP contribution < -0.4 is 5.32 Å². The van der Waals surface area contributed by atoms with Gasteiger partial charge in [-0.15, -0.1) is 0 Å². The molecule has 0 radical (unpaired) electrons. The topological polar surface area (TPSA) is 59.8 Å². The molecule has 0 aliphatic heterocycles. The van der Waals surface area contributed by atoms with E-state index in [4.69, 9.17) is 11.6 Å². The van der Waals surface area contributed by atoms with Gasteiger partial charge in [0.25, 0.3) is 0 Å². The zero-order valence-electron chi connectivity index (χ0n) is 11.8. The highest BCUT2D eigenvalue weighted by Crippen LogP contribution is 2.30. The Morgan fingerprint density at radius 2 is 1.95 bits per heavy atom. The van der Waals surface area contributed by atoms with Crippen LogP contribution in [0.15, 0.2) is 54.9 Å². The summed E-state index contributed by atoms with van der Waals surface area (Å²) in [6, 6.07) is 12.8. The zero-order chi connectivity index (χ0) is 15.5. The Morgan fingerprint density at radius 1 is 1.18 bits per heavy atom. The van der Waals surface area contributed by atoms with Crippen LogP contribution in [0.1, 0.15) is 11.7 Å². The summed E-state index contributed by atoms with van der Waals surface area (Å²) in [6.45, 7) is 1.47. The monoisotopic (exact) mass is 312 g/mol. The number of halogens is 1. The summed E-state index contributed by atoms with van der Waals surface area (Å²) in [5.41, 5.74) is 2.22. The van der Waals surface area contributed by atoms with Crippen molar-refractivity contribution in [3.63, 3.8) is 0 Å². The van der Waals surface area contributed by atoms with Crippen molar-refractivity contribution in [3.05, 3.63) is 59.9 Å². The number of pyridine rings is 1. The maximum atomic E-state index is 11.8. The molecule has 3 rings (SSSR count). The summed E-state index contributed by atoms with van der Waals surface area (Å²) in [5.74, 6) is 0.514. The summed E-state index contributed by atoms with van der Waals surface area (Å²) in [4.78, 5) is 16.0. The minimum absolute atomic E-state index is 0.168. The third-order valence-electron chi connectivity index (χ3n) is 3.11. The van der Waals surface area contributed by atoms with E-state index in [0.717, 1.165) is 5.56 Å². The fraction of sp³-hybridized carbons (Fsp3) is 0.0625. The number of anilines is 2. The SMILES string of the molecule is CC(=O)n1ncc(Nc2ccccn2)c1-c1ccc(Cl)cc1. The van der Waals surface area contributed by atoms with Crippen LogP contribution in [0.3, 0.4) is 0 Å². The van der Waals surface area contributed by atoms with Gasteiger partial charge in [0, 0.05) is 23.7 Å². The lowest BCUT2D eigenvalue weighted by Crippen LogP contribution is -2.09. The molecule has 22 heavy (non-hydrogen) atoms. The first-order chi connectivity index (χ1) is 10.6. The molecule has 110 valence electrons. The maximum Gasteiger partial charge on any atom is 0.244 e. The summed E-state index contributed by atoms with van der Waals surface area (Å²) in [7, 11) is 0. The van der Waals surface area contributed by atoms with Crippen molar-refractivity contribution in [2.24, 2.45) is 0 Å². The Hall–Kier alpha value is -2.66. The van der Waals surface area contributed by atoms with Gasteiger partial charge in [0.2, 0.25) is 5.91 Å². The van der Waals surface area contributed by atoms with Crippen molar-refractivity contribution in [3.8, 4) is 11.3 Å². The molecule has 0 amide bonds. The average molecular weight is 313 g/mol. The van der Waals surface area contributed by atoms with Crippen LogP contribution in [0.5, 0.6) is 0 Å². The van der Waals surface area contributed by atoms with E-state index in [9.17, 15) is 4.79 Å². The second kappa shape index (κ2) is 5.99. The maximum absolute atomic E-state index is 11.8. The van der Waals surface area contributed by atoms with Gasteiger partial charge < -0.3 is 5.32 Å². The van der Waals surface area contributed by atoms with E-state index in [1.165, 1.54) is 11.6 Å². The molecule has 0 atom stereocenters. The van der Waals surface area contributed by atoms with E-state index in [0.29, 0.717) is 22.2 Å². The summed E-state index contributed by atoms with van der Waals surface area (Å²) in [6.07, 6.45) is 3.31. The Labute approximate surface area is 132 Å². The van der Waals surface area contributed by atoms with E-state index < -0.39 is 0 Å². The summed E-state index contributed by atoms with van der Waals surface area (Å²) in [5, 5.41) is 7.97. The number of rotatable bonds is 3. The van der Waals surface area contributed by atoms with Gasteiger partial charge in [-0.25, -0.2) is 4.98 Å². The molecule has 0 spiro atoms. The summed E-state index contributed by atoms with van der Waals surface area (Å²) < 4.78 is 1.36. The van der Waals surface area contributed by atoms with Crippen molar-refractivity contribution < 1.29 is 4.79 Å². The van der Waals surface area contributed by atoms with Gasteiger partial charge in [-0.2, -0.15) is 9.78 Å². The van der Waals surface area contributed by atoms with Gasteiger partial charge >= 0.3 is 0 Å². The summed E-state index contributed by atoms with van der Waals surface area (Å²) >= 11 is 5.93. The fourth-order valence-electron chi connectivity index (χ4n) is 2.14. The largest absolute Gasteiger partial charge is 0.337 e. The van der Waals surface area contributed by atoms with Crippen molar-refractivity contribution >= 4 is 29.0 Å². The first-order valence-corrected chi connectivity index (χ1v) is 7.06. The number of nitrogens with zero attached hydrogens (tertiary/aromatic N) is 3. The smallest absolute Gasteiger partial charge is 0.244 e. The lowest BCUT2D eigenvalue weighted by atomic mass is 10.1. The number of hydrogen-bond donors (Lipinski definition) is 1. The standard InChI is InChI=1S/C16H13ClN4O/c1-11(22)21-16(12-5-7-13(17)8-6-12)14(10-19-21)20-15-4-2-3-9-18-15/h2-10H,1H3,(H,18,20). The number of carbonyl (C=O) groups is 1. The fourth-order valence-corrected chi connectivity index (χ4v) is 2.26. The van der Waals surface area contributed by atoms with Crippen molar-refractivity contribution in [1.29, 1.82) is 0 Å². The van der Waals surface area contributed by atoms with Crippen molar-refractivity contribution in [2.45, 2.75) is 6.92 Å². The number of hydrogen-bond acceptors (Lipinski definition) is 4. The Morgan fingerprint density at radius 3 is 2.59 bits per heavy atom. The Kier molecular flexibility index (Phi) is 3.89. The molecule has 2 heterocycles. The van der Waals surface area contributed by atoms with Gasteiger partial charge in [0.15, 0.2) is 0 Å². The third kappa shape index (κ3) is 2.84. The predicted molar refractivity (Wildman–Crippen MR) is 86.5 cm³/mol. The second-order valence-corrected chi connectivity index (χ2v) is 5.12. The van der Waals surface area contributed by atoms with Crippen LogP contribution in [0, 0.1) is 0 Å². The zero-order valence-corrected chi connectivity index (χ0v) is 12.6. The molecule has 2 aromatic heterocycles. The van der Waals surface area contributed by atoms with Gasteiger partial charge in [-0.05, 0) is 24.3 Å². The van der Waals surface area contributed by atoms with Crippen LogP contribution in [0.4, 0.5) is 11.5 Å². The first kappa shape index (κ1) is 14.3. The molecule has 0 bridgehead atoms. The third-order valence-corrected chi connectivity index (χ3v) is 3.36. The van der Waals surface area contributed by atoms with E-state index in [2.05, 4.69) is 15.4 Å². The Balaban J connectivity index is 2.07. The molecule has 0 aliphatic rings. The molecule has 0 saturated carbocycles. The van der Waals surface area contributed by atoms with Gasteiger partial charge in [0.05, 0.1) is 11.9 Å². The van der Waals surface area contributed by atoms with E-state index in [-0.39, 0.29) is 5.91 Å². The average Bonchev–Trinajstić information content (AvgIpc) is 2.93. The Bertz CT molecular complexity index is 797. The van der Waals surface area contributed by atoms with Gasteiger partial charge in [-0.3, -0.25) is 4.79 Å². The molecular weight excluding hydrogens is 300 g/mol. The van der Waals surface area contributed by atoms with E-state index >= 15 is 0 Å². The molecule has 0 aliphatic carbocycles. The lowest BCUT2D eigenvalue weighted by Gasteiger charge is -2.09. The quantitative estimate of drug-likeness (QED) is 0.794. The minimum Gasteiger partial charge on any atom is -0.337 e. The molecular formula is C16H13ClN4O. The van der Waals surface area contributed by atoms with Crippen LogP contribution in [-0.4, -0.2) is 20.7 Å². The molecule has 0 fully saturated rings. The van der Waals surface area contributed by atoms with Crippen LogP contribution >= 0.6 is 11.6 Å². The number of benzene rings is 1. The highest BCUT2D eigenvalue weighted by atomic mass is 35.5. The first-order valence-electron chi connectivity index (χ1n) is 6.68. The number of carbonyl (C=O) groups excluding carboxylic acids is 1.